The highest BCUT2D eigenvalue weighted by Gasteiger charge is 2.36. The smallest absolute Gasteiger partial charge is 0.326 e. The third kappa shape index (κ3) is 13.5. The molecule has 1 heterocycles. The molecule has 4 amide bonds. The molecule has 0 aromatic heterocycles. The van der Waals surface area contributed by atoms with Crippen LogP contribution in [0.15, 0.2) is 36.4 Å². The minimum Gasteiger partial charge on any atom is -0.492 e. The number of fused-ring (bicyclic) bond motifs is 5. The maximum atomic E-state index is 14.2. The third-order valence-electron chi connectivity index (χ3n) is 9.54. The van der Waals surface area contributed by atoms with Crippen molar-refractivity contribution >= 4 is 29.6 Å². The zero-order valence-corrected chi connectivity index (χ0v) is 32.6. The molecule has 2 aromatic rings. The molecule has 1 aliphatic rings. The topological polar surface area (TPSA) is 241 Å². The lowest BCUT2D eigenvalue weighted by Crippen LogP contribution is -2.55. The number of hydrogen-bond donors (Lipinski definition) is 7. The van der Waals surface area contributed by atoms with Crippen molar-refractivity contribution in [3.63, 3.8) is 0 Å². The molecule has 0 radical (unpaired) electrons. The van der Waals surface area contributed by atoms with Crippen molar-refractivity contribution in [1.29, 1.82) is 0 Å². The Morgan fingerprint density at radius 1 is 0.855 bits per heavy atom. The van der Waals surface area contributed by atoms with E-state index in [1.54, 1.807) is 36.4 Å². The Hall–Kier alpha value is -4.73. The molecule has 4 unspecified atom stereocenters. The quantitative estimate of drug-likeness (QED) is 0.0911. The van der Waals surface area contributed by atoms with Crippen molar-refractivity contribution in [2.75, 3.05) is 39.9 Å². The molecule has 2 aromatic carbocycles. The van der Waals surface area contributed by atoms with Crippen LogP contribution in [0.25, 0.3) is 11.1 Å². The van der Waals surface area contributed by atoms with Crippen LogP contribution in [0.1, 0.15) is 95.2 Å². The summed E-state index contributed by atoms with van der Waals surface area (Å²) in [6, 6.07) is 5.27. The van der Waals surface area contributed by atoms with Gasteiger partial charge >= 0.3 is 5.97 Å². The SMILES string of the molecule is CCCCCCCCCCC(=O)NC(CCN)C(=O)N(C)C1C(=O)NC(C)C(=O)NC(C(=O)O)Cc2ccc(OCCN)c(c2)-c2cc1ccc2OCCN. The predicted molar refractivity (Wildman–Crippen MR) is 210 cm³/mol. The molecule has 0 saturated carbocycles. The van der Waals surface area contributed by atoms with Gasteiger partial charge in [0.25, 0.3) is 0 Å². The molecule has 15 nitrogen and oxygen atoms in total. The summed E-state index contributed by atoms with van der Waals surface area (Å²) in [4.78, 5) is 68.4. The van der Waals surface area contributed by atoms with E-state index < -0.39 is 47.9 Å². The summed E-state index contributed by atoms with van der Waals surface area (Å²) in [6.45, 7) is 4.48. The maximum Gasteiger partial charge on any atom is 0.326 e. The second kappa shape index (κ2) is 23.2. The van der Waals surface area contributed by atoms with Gasteiger partial charge in [0, 0.05) is 44.1 Å². The third-order valence-corrected chi connectivity index (χ3v) is 9.54. The average Bonchev–Trinajstić information content (AvgIpc) is 3.16. The molecule has 0 aliphatic carbocycles. The first-order valence-corrected chi connectivity index (χ1v) is 19.5. The van der Waals surface area contributed by atoms with Crippen molar-refractivity contribution in [3.8, 4) is 22.6 Å². The fourth-order valence-electron chi connectivity index (χ4n) is 6.56. The first kappa shape index (κ1) is 44.7. The normalized spacial score (nSPS) is 17.6. The zero-order valence-electron chi connectivity index (χ0n) is 32.6. The van der Waals surface area contributed by atoms with Gasteiger partial charge in [-0.15, -0.1) is 0 Å². The standard InChI is InChI=1S/C40H61N7O8/c1-4-5-6-7-8-9-10-11-12-35(48)45-31(17-18-41)39(51)47(3)36-28-14-16-34(55-22-20-43)30(25-28)29-23-27(13-15-33(29)54-21-19-42)24-32(40(52)53)46-37(49)26(2)44-38(36)50/h13-16,23,25-26,31-32,36H,4-12,17-22,24,41-43H2,1-3H3,(H,44,50)(H,45,48)(H,46,49)(H,52,53). The van der Waals surface area contributed by atoms with Gasteiger partial charge in [-0.1, -0.05) is 64.0 Å². The number of unbranched alkanes of at least 4 members (excludes halogenated alkanes) is 7. The lowest BCUT2D eigenvalue weighted by molar-refractivity contribution is -0.143. The summed E-state index contributed by atoms with van der Waals surface area (Å²) < 4.78 is 12.0. The van der Waals surface area contributed by atoms with E-state index in [9.17, 15) is 29.1 Å². The van der Waals surface area contributed by atoms with Crippen LogP contribution in [0, 0.1) is 0 Å². The van der Waals surface area contributed by atoms with E-state index in [1.807, 2.05) is 0 Å². The Morgan fingerprint density at radius 2 is 1.45 bits per heavy atom. The number of nitrogens with zero attached hydrogens (tertiary/aromatic N) is 1. The number of carboxylic acid groups (broad SMARTS) is 1. The fourth-order valence-corrected chi connectivity index (χ4v) is 6.56. The van der Waals surface area contributed by atoms with Crippen molar-refractivity contribution < 1.29 is 38.6 Å². The summed E-state index contributed by atoms with van der Waals surface area (Å²) in [7, 11) is 1.45. The Bertz CT molecular complexity index is 1590. The van der Waals surface area contributed by atoms with Crippen LogP contribution in [0.2, 0.25) is 0 Å². The monoisotopic (exact) mass is 767 g/mol. The summed E-state index contributed by atoms with van der Waals surface area (Å²) in [5.41, 5.74) is 19.4. The van der Waals surface area contributed by atoms with Gasteiger partial charge in [-0.25, -0.2) is 4.79 Å². The summed E-state index contributed by atoms with van der Waals surface area (Å²) in [5.74, 6) is -2.74. The first-order chi connectivity index (χ1) is 26.4. The molecular formula is C40H61N7O8. The molecular weight excluding hydrogens is 706 g/mol. The number of carbonyl (C=O) groups excluding carboxylic acids is 4. The number of benzene rings is 2. The molecule has 4 atom stereocenters. The lowest BCUT2D eigenvalue weighted by atomic mass is 9.93. The Balaban J connectivity index is 2.06. The van der Waals surface area contributed by atoms with Crippen LogP contribution in [0.4, 0.5) is 0 Å². The maximum absolute atomic E-state index is 14.2. The molecule has 1 aliphatic heterocycles. The zero-order chi connectivity index (χ0) is 40.3. The van der Waals surface area contributed by atoms with Crippen molar-refractivity contribution in [2.45, 2.75) is 109 Å². The molecule has 15 heteroatoms. The largest absolute Gasteiger partial charge is 0.492 e. The summed E-state index contributed by atoms with van der Waals surface area (Å²) in [5, 5.41) is 18.1. The van der Waals surface area contributed by atoms with E-state index in [0.717, 1.165) is 19.3 Å². The lowest BCUT2D eigenvalue weighted by Gasteiger charge is -2.32. The van der Waals surface area contributed by atoms with Crippen LogP contribution in [0.3, 0.4) is 0 Å². The Morgan fingerprint density at radius 3 is 2.05 bits per heavy atom. The van der Waals surface area contributed by atoms with Crippen molar-refractivity contribution in [1.82, 2.24) is 20.9 Å². The number of carboxylic acids is 1. The van der Waals surface area contributed by atoms with E-state index in [4.69, 9.17) is 26.7 Å². The fraction of sp³-hybridized carbons (Fsp3) is 0.575. The van der Waals surface area contributed by atoms with Gasteiger partial charge in [0.1, 0.15) is 48.9 Å². The molecule has 55 heavy (non-hydrogen) atoms. The van der Waals surface area contributed by atoms with Gasteiger partial charge in [-0.2, -0.15) is 0 Å². The van der Waals surface area contributed by atoms with E-state index in [1.165, 1.54) is 44.6 Å². The second-order valence-corrected chi connectivity index (χ2v) is 14.0. The summed E-state index contributed by atoms with van der Waals surface area (Å²) >= 11 is 0. The number of hydrogen-bond acceptors (Lipinski definition) is 10. The van der Waals surface area contributed by atoms with Crippen LogP contribution < -0.4 is 42.6 Å². The minimum atomic E-state index is -1.33. The molecule has 10 N–H and O–H groups in total. The first-order valence-electron chi connectivity index (χ1n) is 19.5. The van der Waals surface area contributed by atoms with Gasteiger partial charge < -0.3 is 52.6 Å². The predicted octanol–water partition coefficient (Wildman–Crippen LogP) is 2.52. The molecule has 3 rings (SSSR count). The number of aliphatic carboxylic acids is 1. The van der Waals surface area contributed by atoms with Gasteiger partial charge in [0.05, 0.1) is 0 Å². The van der Waals surface area contributed by atoms with Gasteiger partial charge in [0.2, 0.25) is 23.6 Å². The highest BCUT2D eigenvalue weighted by atomic mass is 16.5. The van der Waals surface area contributed by atoms with Gasteiger partial charge in [-0.05, 0) is 61.7 Å². The van der Waals surface area contributed by atoms with E-state index in [-0.39, 0.29) is 58.0 Å². The Labute approximate surface area is 324 Å². The highest BCUT2D eigenvalue weighted by Crippen LogP contribution is 2.40. The van der Waals surface area contributed by atoms with Crippen molar-refractivity contribution in [2.24, 2.45) is 17.2 Å². The minimum absolute atomic E-state index is 0.0717. The van der Waals surface area contributed by atoms with E-state index in [0.29, 0.717) is 40.2 Å². The highest BCUT2D eigenvalue weighted by molar-refractivity contribution is 5.96. The van der Waals surface area contributed by atoms with Crippen LogP contribution in [0.5, 0.6) is 11.5 Å². The van der Waals surface area contributed by atoms with Crippen LogP contribution >= 0.6 is 0 Å². The Kier molecular flexibility index (Phi) is 18.9. The molecule has 304 valence electrons. The average molecular weight is 768 g/mol. The number of nitrogens with two attached hydrogens (primary N) is 3. The van der Waals surface area contributed by atoms with Gasteiger partial charge in [0.15, 0.2) is 0 Å². The summed E-state index contributed by atoms with van der Waals surface area (Å²) in [6.07, 6.45) is 8.88. The number of carbonyl (C=O) groups is 5. The van der Waals surface area contributed by atoms with E-state index in [2.05, 4.69) is 22.9 Å². The number of amides is 4. The number of nitrogens with one attached hydrogen (secondary N) is 3. The number of likely N-dealkylation sites (N-methyl/N-ethyl adjacent to an activating group) is 1. The second-order valence-electron chi connectivity index (χ2n) is 14.0. The van der Waals surface area contributed by atoms with Crippen molar-refractivity contribution in [3.05, 3.63) is 47.5 Å². The van der Waals surface area contributed by atoms with Gasteiger partial charge in [-0.3, -0.25) is 19.2 Å². The molecule has 4 bridgehead atoms. The van der Waals surface area contributed by atoms with E-state index >= 15 is 0 Å². The van der Waals surface area contributed by atoms with Crippen LogP contribution in [-0.4, -0.2) is 97.6 Å². The molecule has 0 saturated heterocycles. The van der Waals surface area contributed by atoms with Crippen LogP contribution in [-0.2, 0) is 30.4 Å². The molecule has 0 spiro atoms. The number of rotatable bonds is 21. The number of ether oxygens (including phenoxy) is 2. The molecule has 0 fully saturated rings.